The van der Waals surface area contributed by atoms with Crippen LogP contribution >= 0.6 is 15.9 Å². The van der Waals surface area contributed by atoms with Crippen LogP contribution in [0.5, 0.6) is 11.5 Å². The monoisotopic (exact) mass is 296 g/mol. The SMILES string of the molecule is COc1ccc(Br)c(/C=N/n2cnnc2)c1O. The van der Waals surface area contributed by atoms with E-state index in [9.17, 15) is 5.11 Å². The summed E-state index contributed by atoms with van der Waals surface area (Å²) in [4.78, 5) is 0. The molecule has 6 nitrogen and oxygen atoms in total. The number of hydrogen-bond donors (Lipinski definition) is 1. The Morgan fingerprint density at radius 3 is 2.76 bits per heavy atom. The zero-order valence-corrected chi connectivity index (χ0v) is 10.5. The number of phenols is 1. The Balaban J connectivity index is 2.38. The first kappa shape index (κ1) is 11.6. The van der Waals surface area contributed by atoms with Gasteiger partial charge in [0.2, 0.25) is 0 Å². The number of phenolic OH excluding ortho intramolecular Hbond substituents is 1. The van der Waals surface area contributed by atoms with E-state index in [0.717, 1.165) is 0 Å². The molecule has 0 aliphatic heterocycles. The molecule has 17 heavy (non-hydrogen) atoms. The first-order chi connectivity index (χ1) is 8.22. The maximum absolute atomic E-state index is 9.91. The van der Waals surface area contributed by atoms with Gasteiger partial charge in [0.05, 0.1) is 18.9 Å². The number of hydrogen-bond acceptors (Lipinski definition) is 5. The van der Waals surface area contributed by atoms with Crippen LogP contribution in [0.15, 0.2) is 34.4 Å². The van der Waals surface area contributed by atoms with Gasteiger partial charge in [-0.3, -0.25) is 0 Å². The Morgan fingerprint density at radius 1 is 1.41 bits per heavy atom. The molecule has 0 aliphatic rings. The number of nitrogens with zero attached hydrogens (tertiary/aromatic N) is 4. The van der Waals surface area contributed by atoms with Crippen LogP contribution in [-0.4, -0.2) is 33.3 Å². The Bertz CT molecular complexity index is 539. The van der Waals surface area contributed by atoms with E-state index in [1.807, 2.05) is 0 Å². The Hall–Kier alpha value is -1.89. The molecule has 0 aliphatic carbocycles. The third-order valence-corrected chi connectivity index (χ3v) is 2.76. The molecule has 0 radical (unpaired) electrons. The summed E-state index contributed by atoms with van der Waals surface area (Å²) < 4.78 is 7.15. The fraction of sp³-hybridized carbons (Fsp3) is 0.100. The van der Waals surface area contributed by atoms with Crippen molar-refractivity contribution < 1.29 is 9.84 Å². The average Bonchev–Trinajstić information content (AvgIpc) is 2.82. The Kier molecular flexibility index (Phi) is 3.38. The maximum Gasteiger partial charge on any atom is 0.167 e. The van der Waals surface area contributed by atoms with E-state index >= 15 is 0 Å². The lowest BCUT2D eigenvalue weighted by molar-refractivity contribution is 0.373. The summed E-state index contributed by atoms with van der Waals surface area (Å²) in [6, 6.07) is 3.43. The molecular weight excluding hydrogens is 288 g/mol. The lowest BCUT2D eigenvalue weighted by Crippen LogP contribution is -1.92. The van der Waals surface area contributed by atoms with Gasteiger partial charge in [-0.1, -0.05) is 0 Å². The number of aromatic nitrogens is 3. The van der Waals surface area contributed by atoms with E-state index in [4.69, 9.17) is 4.74 Å². The number of methoxy groups -OCH3 is 1. The minimum absolute atomic E-state index is 0.0266. The summed E-state index contributed by atoms with van der Waals surface area (Å²) in [5.41, 5.74) is 0.526. The van der Waals surface area contributed by atoms with Crippen molar-refractivity contribution in [3.63, 3.8) is 0 Å². The predicted molar refractivity (Wildman–Crippen MR) is 65.4 cm³/mol. The first-order valence-corrected chi connectivity index (χ1v) is 5.46. The molecule has 0 atom stereocenters. The summed E-state index contributed by atoms with van der Waals surface area (Å²) >= 11 is 3.33. The standard InChI is InChI=1S/C10H9BrN4O2/c1-17-9-3-2-8(11)7(10(9)16)4-14-15-5-12-13-6-15/h2-6,16H,1H3/b14-4+. The molecule has 1 N–H and O–H groups in total. The lowest BCUT2D eigenvalue weighted by Gasteiger charge is -2.07. The normalized spacial score (nSPS) is 10.9. The molecule has 0 unspecified atom stereocenters. The van der Waals surface area contributed by atoms with Gasteiger partial charge in [-0.15, -0.1) is 10.2 Å². The maximum atomic E-state index is 9.91. The number of benzene rings is 1. The zero-order chi connectivity index (χ0) is 12.3. The van der Waals surface area contributed by atoms with E-state index in [-0.39, 0.29) is 5.75 Å². The third-order valence-electron chi connectivity index (χ3n) is 2.07. The molecule has 0 saturated heterocycles. The molecule has 88 valence electrons. The molecule has 0 amide bonds. The molecule has 2 aromatic rings. The third kappa shape index (κ3) is 2.44. The van der Waals surface area contributed by atoms with Crippen LogP contribution in [0.4, 0.5) is 0 Å². The summed E-state index contributed by atoms with van der Waals surface area (Å²) in [6.07, 6.45) is 4.38. The van der Waals surface area contributed by atoms with E-state index in [1.54, 1.807) is 12.1 Å². The van der Waals surface area contributed by atoms with Gasteiger partial charge in [-0.25, -0.2) is 4.68 Å². The highest BCUT2D eigenvalue weighted by molar-refractivity contribution is 9.10. The molecule has 0 fully saturated rings. The fourth-order valence-electron chi connectivity index (χ4n) is 1.23. The van der Waals surface area contributed by atoms with Crippen LogP contribution < -0.4 is 4.74 Å². The second-order valence-corrected chi connectivity index (χ2v) is 3.95. The number of ether oxygens (including phenoxy) is 1. The van der Waals surface area contributed by atoms with Gasteiger partial charge in [0.1, 0.15) is 12.7 Å². The smallest absolute Gasteiger partial charge is 0.167 e. The minimum atomic E-state index is 0.0266. The van der Waals surface area contributed by atoms with Gasteiger partial charge in [0, 0.05) is 4.47 Å². The van der Waals surface area contributed by atoms with Crippen LogP contribution in [0.3, 0.4) is 0 Å². The van der Waals surface area contributed by atoms with Crippen molar-refractivity contribution in [2.75, 3.05) is 7.11 Å². The zero-order valence-electron chi connectivity index (χ0n) is 8.91. The number of halogens is 1. The number of aromatic hydroxyl groups is 1. The van der Waals surface area contributed by atoms with Gasteiger partial charge in [-0.2, -0.15) is 5.10 Å². The molecular formula is C10H9BrN4O2. The van der Waals surface area contributed by atoms with Gasteiger partial charge in [0.15, 0.2) is 11.5 Å². The highest BCUT2D eigenvalue weighted by Gasteiger charge is 2.09. The van der Waals surface area contributed by atoms with Crippen molar-refractivity contribution in [3.05, 3.63) is 34.8 Å². The quantitative estimate of drug-likeness (QED) is 0.874. The molecule has 7 heteroatoms. The molecule has 0 bridgehead atoms. The van der Waals surface area contributed by atoms with E-state index in [1.165, 1.54) is 30.7 Å². The Labute approximate surface area is 106 Å². The molecule has 1 aromatic heterocycles. The highest BCUT2D eigenvalue weighted by atomic mass is 79.9. The summed E-state index contributed by atoms with van der Waals surface area (Å²) in [5, 5.41) is 21.2. The topological polar surface area (TPSA) is 72.5 Å². The second-order valence-electron chi connectivity index (χ2n) is 3.10. The van der Waals surface area contributed by atoms with Crippen LogP contribution in [0.2, 0.25) is 0 Å². The fourth-order valence-corrected chi connectivity index (χ4v) is 1.65. The second kappa shape index (κ2) is 4.96. The van der Waals surface area contributed by atoms with Gasteiger partial charge in [-0.05, 0) is 28.1 Å². The lowest BCUT2D eigenvalue weighted by atomic mass is 10.2. The highest BCUT2D eigenvalue weighted by Crippen LogP contribution is 2.33. The molecule has 0 saturated carbocycles. The predicted octanol–water partition coefficient (Wildman–Crippen LogP) is 1.64. The van der Waals surface area contributed by atoms with Crippen molar-refractivity contribution in [2.24, 2.45) is 5.10 Å². The molecule has 1 aromatic carbocycles. The van der Waals surface area contributed by atoms with Gasteiger partial charge < -0.3 is 9.84 Å². The van der Waals surface area contributed by atoms with Crippen LogP contribution in [-0.2, 0) is 0 Å². The van der Waals surface area contributed by atoms with Crippen LogP contribution in [0, 0.1) is 0 Å². The molecule has 2 rings (SSSR count). The molecule has 0 spiro atoms. The molecule has 1 heterocycles. The Morgan fingerprint density at radius 2 is 2.12 bits per heavy atom. The summed E-state index contributed by atoms with van der Waals surface area (Å²) in [6.45, 7) is 0. The van der Waals surface area contributed by atoms with Gasteiger partial charge in [0.25, 0.3) is 0 Å². The van der Waals surface area contributed by atoms with E-state index in [0.29, 0.717) is 15.8 Å². The summed E-state index contributed by atoms with van der Waals surface area (Å²) in [5.74, 6) is 0.414. The van der Waals surface area contributed by atoms with Crippen molar-refractivity contribution >= 4 is 22.1 Å². The van der Waals surface area contributed by atoms with Crippen molar-refractivity contribution in [1.82, 2.24) is 14.9 Å². The van der Waals surface area contributed by atoms with Gasteiger partial charge >= 0.3 is 0 Å². The first-order valence-electron chi connectivity index (χ1n) is 4.67. The van der Waals surface area contributed by atoms with Crippen molar-refractivity contribution in [1.29, 1.82) is 0 Å². The van der Waals surface area contributed by atoms with E-state index < -0.39 is 0 Å². The van der Waals surface area contributed by atoms with Crippen molar-refractivity contribution in [2.45, 2.75) is 0 Å². The van der Waals surface area contributed by atoms with Crippen molar-refractivity contribution in [3.8, 4) is 11.5 Å². The van der Waals surface area contributed by atoms with E-state index in [2.05, 4.69) is 31.2 Å². The van der Waals surface area contributed by atoms with Crippen LogP contribution in [0.25, 0.3) is 0 Å². The number of rotatable bonds is 3. The van der Waals surface area contributed by atoms with Crippen LogP contribution in [0.1, 0.15) is 5.56 Å². The average molecular weight is 297 g/mol. The minimum Gasteiger partial charge on any atom is -0.504 e. The summed E-state index contributed by atoms with van der Waals surface area (Å²) in [7, 11) is 1.49. The largest absolute Gasteiger partial charge is 0.504 e.